The van der Waals surface area contributed by atoms with Crippen molar-refractivity contribution in [2.45, 2.75) is 29.9 Å². The SMILES string of the molecule is COc1ccc(S(=O)(=O)N2CCC(O)(Cn3ccc4ccncc43)CC2)cc1. The van der Waals surface area contributed by atoms with Crippen molar-refractivity contribution in [3.8, 4) is 5.75 Å². The zero-order chi connectivity index (χ0) is 19.8. The Kier molecular flexibility index (Phi) is 4.86. The van der Waals surface area contributed by atoms with E-state index in [0.29, 0.717) is 25.1 Å². The molecule has 0 radical (unpaired) electrons. The molecule has 1 fully saturated rings. The van der Waals surface area contributed by atoms with Crippen LogP contribution < -0.4 is 4.74 Å². The van der Waals surface area contributed by atoms with Crippen LogP contribution in [0.2, 0.25) is 0 Å². The van der Waals surface area contributed by atoms with Gasteiger partial charge < -0.3 is 14.4 Å². The van der Waals surface area contributed by atoms with Crippen LogP contribution >= 0.6 is 0 Å². The number of hydrogen-bond donors (Lipinski definition) is 1. The van der Waals surface area contributed by atoms with Gasteiger partial charge in [-0.3, -0.25) is 4.98 Å². The lowest BCUT2D eigenvalue weighted by Gasteiger charge is -2.37. The van der Waals surface area contributed by atoms with Crippen molar-refractivity contribution in [2.75, 3.05) is 20.2 Å². The summed E-state index contributed by atoms with van der Waals surface area (Å²) >= 11 is 0. The van der Waals surface area contributed by atoms with E-state index in [0.717, 1.165) is 10.9 Å². The molecule has 0 atom stereocenters. The van der Waals surface area contributed by atoms with Gasteiger partial charge in [-0.2, -0.15) is 4.31 Å². The molecule has 0 bridgehead atoms. The molecular weight excluding hydrogens is 378 g/mol. The molecule has 1 aliphatic rings. The fraction of sp³-hybridized carbons (Fsp3) is 0.350. The number of methoxy groups -OCH3 is 1. The summed E-state index contributed by atoms with van der Waals surface area (Å²) in [5.41, 5.74) is 0.0116. The standard InChI is InChI=1S/C20H23N3O4S/c1-27-17-2-4-18(5-3-17)28(25,26)23-12-8-20(24,9-13-23)15-22-11-7-16-6-10-21-14-19(16)22/h2-7,10-11,14,24H,8-9,12-13,15H2,1H3. The highest BCUT2D eigenvalue weighted by Gasteiger charge is 2.37. The highest BCUT2D eigenvalue weighted by Crippen LogP contribution is 2.30. The van der Waals surface area contributed by atoms with Gasteiger partial charge in [0.15, 0.2) is 0 Å². The van der Waals surface area contributed by atoms with E-state index >= 15 is 0 Å². The Morgan fingerprint density at radius 3 is 2.54 bits per heavy atom. The molecule has 3 aromatic rings. The van der Waals surface area contributed by atoms with Crippen molar-refractivity contribution in [3.05, 3.63) is 55.0 Å². The van der Waals surface area contributed by atoms with E-state index < -0.39 is 15.6 Å². The molecule has 8 heteroatoms. The summed E-state index contributed by atoms with van der Waals surface area (Å²) in [5, 5.41) is 12.1. The van der Waals surface area contributed by atoms with E-state index in [1.807, 2.05) is 22.9 Å². The molecule has 0 saturated carbocycles. The van der Waals surface area contributed by atoms with Crippen LogP contribution in [0.15, 0.2) is 59.9 Å². The molecule has 28 heavy (non-hydrogen) atoms. The maximum absolute atomic E-state index is 12.9. The van der Waals surface area contributed by atoms with E-state index in [9.17, 15) is 13.5 Å². The predicted octanol–water partition coefficient (Wildman–Crippen LogP) is 2.26. The third-order valence-corrected chi connectivity index (χ3v) is 7.30. The average molecular weight is 401 g/mol. The van der Waals surface area contributed by atoms with Crippen LogP contribution in [0.25, 0.3) is 10.9 Å². The first-order valence-electron chi connectivity index (χ1n) is 9.17. The minimum Gasteiger partial charge on any atom is -0.497 e. The monoisotopic (exact) mass is 401 g/mol. The van der Waals surface area contributed by atoms with Crippen molar-refractivity contribution in [1.29, 1.82) is 0 Å². The molecule has 4 rings (SSSR count). The summed E-state index contributed by atoms with van der Waals surface area (Å²) in [6.45, 7) is 0.975. The van der Waals surface area contributed by atoms with Crippen molar-refractivity contribution < 1.29 is 18.3 Å². The molecule has 7 nitrogen and oxygen atoms in total. The number of aromatic nitrogens is 2. The quantitative estimate of drug-likeness (QED) is 0.709. The number of sulfonamides is 1. The number of hydrogen-bond acceptors (Lipinski definition) is 5. The Morgan fingerprint density at radius 2 is 1.86 bits per heavy atom. The lowest BCUT2D eigenvalue weighted by molar-refractivity contribution is -0.0185. The molecular formula is C20H23N3O4S. The summed E-state index contributed by atoms with van der Waals surface area (Å²) in [5.74, 6) is 0.611. The number of rotatable bonds is 5. The van der Waals surface area contributed by atoms with E-state index in [1.54, 1.807) is 43.8 Å². The van der Waals surface area contributed by atoms with E-state index in [2.05, 4.69) is 4.98 Å². The fourth-order valence-corrected chi connectivity index (χ4v) is 5.12. The van der Waals surface area contributed by atoms with Gasteiger partial charge in [-0.15, -0.1) is 0 Å². The van der Waals surface area contributed by atoms with Crippen LogP contribution in [0.1, 0.15) is 12.8 Å². The summed E-state index contributed by atoms with van der Waals surface area (Å²) in [4.78, 5) is 4.39. The average Bonchev–Trinajstić information content (AvgIpc) is 3.11. The third kappa shape index (κ3) is 3.50. The second-order valence-electron chi connectivity index (χ2n) is 7.18. The predicted molar refractivity (Wildman–Crippen MR) is 106 cm³/mol. The Morgan fingerprint density at radius 1 is 1.14 bits per heavy atom. The lowest BCUT2D eigenvalue weighted by atomic mass is 9.92. The first-order chi connectivity index (χ1) is 13.4. The number of piperidine rings is 1. The zero-order valence-corrected chi connectivity index (χ0v) is 16.5. The first kappa shape index (κ1) is 18.9. The highest BCUT2D eigenvalue weighted by atomic mass is 32.2. The van der Waals surface area contributed by atoms with Gasteiger partial charge in [0.25, 0.3) is 0 Å². The van der Waals surface area contributed by atoms with Crippen molar-refractivity contribution in [2.24, 2.45) is 0 Å². The normalized spacial score (nSPS) is 17.6. The van der Waals surface area contributed by atoms with Gasteiger partial charge in [0.05, 0.1) is 35.9 Å². The van der Waals surface area contributed by atoms with Crippen LogP contribution in [0.4, 0.5) is 0 Å². The van der Waals surface area contributed by atoms with Crippen LogP contribution in [-0.2, 0) is 16.6 Å². The van der Waals surface area contributed by atoms with Crippen LogP contribution in [0.5, 0.6) is 5.75 Å². The molecule has 1 saturated heterocycles. The minimum absolute atomic E-state index is 0.237. The van der Waals surface area contributed by atoms with Gasteiger partial charge in [0, 0.05) is 30.9 Å². The topological polar surface area (TPSA) is 84.7 Å². The summed E-state index contributed by atoms with van der Waals surface area (Å²) in [6, 6.07) is 10.3. The summed E-state index contributed by atoms with van der Waals surface area (Å²) < 4.78 is 34.3. The second-order valence-corrected chi connectivity index (χ2v) is 9.12. The number of fused-ring (bicyclic) bond motifs is 1. The zero-order valence-electron chi connectivity index (χ0n) is 15.7. The van der Waals surface area contributed by atoms with E-state index in [1.165, 1.54) is 4.31 Å². The largest absolute Gasteiger partial charge is 0.497 e. The van der Waals surface area contributed by atoms with E-state index in [-0.39, 0.29) is 18.0 Å². The number of pyridine rings is 1. The highest BCUT2D eigenvalue weighted by molar-refractivity contribution is 7.89. The number of nitrogens with zero attached hydrogens (tertiary/aromatic N) is 3. The Balaban J connectivity index is 1.47. The smallest absolute Gasteiger partial charge is 0.243 e. The maximum Gasteiger partial charge on any atom is 0.243 e. The number of ether oxygens (including phenoxy) is 1. The Labute approximate surface area is 164 Å². The van der Waals surface area contributed by atoms with E-state index in [4.69, 9.17) is 4.74 Å². The lowest BCUT2D eigenvalue weighted by Crippen LogP contribution is -2.48. The fourth-order valence-electron chi connectivity index (χ4n) is 3.68. The van der Waals surface area contributed by atoms with Crippen LogP contribution in [0, 0.1) is 0 Å². The van der Waals surface area contributed by atoms with Crippen molar-refractivity contribution in [3.63, 3.8) is 0 Å². The van der Waals surface area contributed by atoms with Gasteiger partial charge in [0.2, 0.25) is 10.0 Å². The third-order valence-electron chi connectivity index (χ3n) is 5.39. The molecule has 1 N–H and O–H groups in total. The first-order valence-corrected chi connectivity index (χ1v) is 10.6. The molecule has 0 unspecified atom stereocenters. The number of aliphatic hydroxyl groups is 1. The van der Waals surface area contributed by atoms with Crippen LogP contribution in [0.3, 0.4) is 0 Å². The second kappa shape index (κ2) is 7.20. The number of benzene rings is 1. The summed E-state index contributed by atoms with van der Waals surface area (Å²) in [6.07, 6.45) is 6.21. The molecule has 0 aliphatic carbocycles. The van der Waals surface area contributed by atoms with Crippen molar-refractivity contribution in [1.82, 2.24) is 13.9 Å². The molecule has 0 spiro atoms. The minimum atomic E-state index is -3.58. The Hall–Kier alpha value is -2.42. The van der Waals surface area contributed by atoms with Crippen molar-refractivity contribution >= 4 is 20.9 Å². The van der Waals surface area contributed by atoms with Gasteiger partial charge in [-0.25, -0.2) is 8.42 Å². The van der Waals surface area contributed by atoms with Gasteiger partial charge in [0.1, 0.15) is 5.75 Å². The molecule has 1 aromatic carbocycles. The molecule has 2 aromatic heterocycles. The summed E-state index contributed by atoms with van der Waals surface area (Å²) in [7, 11) is -2.04. The Bertz CT molecular complexity index is 1070. The molecule has 148 valence electrons. The van der Waals surface area contributed by atoms with Gasteiger partial charge >= 0.3 is 0 Å². The van der Waals surface area contributed by atoms with Crippen LogP contribution in [-0.4, -0.2) is 53.2 Å². The maximum atomic E-state index is 12.9. The van der Waals surface area contributed by atoms with Gasteiger partial charge in [-0.05, 0) is 49.2 Å². The molecule has 3 heterocycles. The molecule has 0 amide bonds. The van der Waals surface area contributed by atoms with Gasteiger partial charge in [-0.1, -0.05) is 0 Å². The molecule has 1 aliphatic heterocycles.